The van der Waals surface area contributed by atoms with E-state index in [1.807, 2.05) is 6.92 Å². The second kappa shape index (κ2) is 10.6. The van der Waals surface area contributed by atoms with Gasteiger partial charge in [0.05, 0.1) is 6.10 Å². The van der Waals surface area contributed by atoms with Gasteiger partial charge in [-0.1, -0.05) is 45.0 Å². The summed E-state index contributed by atoms with van der Waals surface area (Å²) in [6.45, 7) is 7.90. The quantitative estimate of drug-likeness (QED) is 0.841. The minimum atomic E-state index is -0.228. The molecule has 0 bridgehead atoms. The summed E-state index contributed by atoms with van der Waals surface area (Å²) in [5.41, 5.74) is 2.66. The van der Waals surface area contributed by atoms with E-state index >= 15 is 0 Å². The molecule has 0 aliphatic carbocycles. The lowest BCUT2D eigenvalue weighted by atomic mass is 10.0. The van der Waals surface area contributed by atoms with Gasteiger partial charge in [-0.05, 0) is 23.5 Å². The van der Waals surface area contributed by atoms with E-state index in [0.29, 0.717) is 12.5 Å². The Bertz CT molecular complexity index is 318. The Morgan fingerprint density at radius 3 is 2.44 bits per heavy atom. The molecule has 0 heterocycles. The van der Waals surface area contributed by atoms with Gasteiger partial charge in [-0.25, -0.2) is 0 Å². The molecule has 0 aromatic heterocycles. The van der Waals surface area contributed by atoms with Crippen LogP contribution in [0.4, 0.5) is 0 Å². The number of aliphatic hydroxyl groups is 1. The Kier molecular flexibility index (Phi) is 11.8. The van der Waals surface area contributed by atoms with E-state index in [2.05, 4.69) is 43.4 Å². The molecule has 0 saturated heterocycles. The minimum Gasteiger partial charge on any atom is -0.392 e. The van der Waals surface area contributed by atoms with Crippen LogP contribution in [0.3, 0.4) is 0 Å². The van der Waals surface area contributed by atoms with Crippen molar-refractivity contribution in [3.8, 4) is 0 Å². The number of rotatable bonds is 6. The fourth-order valence-corrected chi connectivity index (χ4v) is 1.59. The Morgan fingerprint density at radius 2 is 1.89 bits per heavy atom. The van der Waals surface area contributed by atoms with Gasteiger partial charge in [0.25, 0.3) is 0 Å². The first-order valence-electron chi connectivity index (χ1n) is 6.11. The van der Waals surface area contributed by atoms with Gasteiger partial charge in [0, 0.05) is 13.1 Å². The second-order valence-electron chi connectivity index (χ2n) is 4.59. The van der Waals surface area contributed by atoms with Gasteiger partial charge in [0.15, 0.2) is 0 Å². The number of nitrogens with one attached hydrogen (secondary N) is 1. The van der Waals surface area contributed by atoms with Gasteiger partial charge >= 0.3 is 0 Å². The summed E-state index contributed by atoms with van der Waals surface area (Å²) < 4.78 is 0. The van der Waals surface area contributed by atoms with Gasteiger partial charge in [-0.15, -0.1) is 24.8 Å². The zero-order valence-electron chi connectivity index (χ0n) is 11.3. The normalized spacial score (nSPS) is 11.6. The average Bonchev–Trinajstić information content (AvgIpc) is 2.29. The van der Waals surface area contributed by atoms with Crippen LogP contribution in [-0.2, 0) is 6.54 Å². The monoisotopic (exact) mass is 293 g/mol. The lowest BCUT2D eigenvalue weighted by Crippen LogP contribution is -2.25. The molecule has 1 unspecified atom stereocenters. The number of benzene rings is 1. The molecule has 106 valence electrons. The second-order valence-corrected chi connectivity index (χ2v) is 4.59. The molecule has 0 amide bonds. The van der Waals surface area contributed by atoms with Crippen LogP contribution in [0.25, 0.3) is 0 Å². The van der Waals surface area contributed by atoms with Crippen LogP contribution in [0, 0.1) is 0 Å². The first-order chi connectivity index (χ1) is 7.63. The summed E-state index contributed by atoms with van der Waals surface area (Å²) in [5, 5.41) is 12.7. The highest BCUT2D eigenvalue weighted by molar-refractivity contribution is 5.85. The van der Waals surface area contributed by atoms with E-state index in [1.165, 1.54) is 11.1 Å². The largest absolute Gasteiger partial charge is 0.392 e. The molecule has 0 fully saturated rings. The molecular weight excluding hydrogens is 269 g/mol. The van der Waals surface area contributed by atoms with Crippen molar-refractivity contribution in [3.05, 3.63) is 35.4 Å². The van der Waals surface area contributed by atoms with Crippen LogP contribution in [-0.4, -0.2) is 17.8 Å². The van der Waals surface area contributed by atoms with Gasteiger partial charge in [-0.3, -0.25) is 0 Å². The molecule has 1 rings (SSSR count). The third kappa shape index (κ3) is 7.22. The maximum absolute atomic E-state index is 9.42. The molecule has 0 radical (unpaired) electrons. The summed E-state index contributed by atoms with van der Waals surface area (Å²) in [4.78, 5) is 0. The van der Waals surface area contributed by atoms with Crippen molar-refractivity contribution in [2.75, 3.05) is 6.54 Å². The van der Waals surface area contributed by atoms with Crippen molar-refractivity contribution in [1.29, 1.82) is 0 Å². The lowest BCUT2D eigenvalue weighted by Gasteiger charge is -2.11. The Morgan fingerprint density at radius 1 is 1.22 bits per heavy atom. The molecule has 4 heteroatoms. The number of hydrogen-bond donors (Lipinski definition) is 2. The van der Waals surface area contributed by atoms with Crippen molar-refractivity contribution in [2.24, 2.45) is 0 Å². The molecule has 1 atom stereocenters. The predicted octanol–water partition coefficient (Wildman–Crippen LogP) is 3.51. The molecule has 0 aliphatic heterocycles. The highest BCUT2D eigenvalue weighted by Crippen LogP contribution is 2.15. The number of halogens is 2. The summed E-state index contributed by atoms with van der Waals surface area (Å²) in [5.74, 6) is 0.571. The molecule has 0 aliphatic rings. The van der Waals surface area contributed by atoms with E-state index in [1.54, 1.807) is 0 Å². The first-order valence-corrected chi connectivity index (χ1v) is 6.11. The van der Waals surface area contributed by atoms with E-state index in [4.69, 9.17) is 0 Å². The van der Waals surface area contributed by atoms with Gasteiger partial charge < -0.3 is 10.4 Å². The Balaban J connectivity index is 0. The third-order valence-electron chi connectivity index (χ3n) is 2.80. The summed E-state index contributed by atoms with van der Waals surface area (Å²) in [6, 6.07) is 8.62. The first kappa shape index (κ1) is 20.0. The van der Waals surface area contributed by atoms with E-state index in [0.717, 1.165) is 13.0 Å². The van der Waals surface area contributed by atoms with Gasteiger partial charge in [-0.2, -0.15) is 0 Å². The minimum absolute atomic E-state index is 0. The SMILES string of the molecule is CCC(O)CNCc1cccc(C(C)C)c1.Cl.Cl. The fourth-order valence-electron chi connectivity index (χ4n) is 1.59. The maximum atomic E-state index is 9.42. The highest BCUT2D eigenvalue weighted by Gasteiger charge is 2.02. The molecular formula is C14H25Cl2NO. The maximum Gasteiger partial charge on any atom is 0.0662 e. The zero-order valence-corrected chi connectivity index (χ0v) is 13.0. The van der Waals surface area contributed by atoms with Crippen LogP contribution in [0.1, 0.15) is 44.2 Å². The van der Waals surface area contributed by atoms with E-state index < -0.39 is 0 Å². The topological polar surface area (TPSA) is 32.3 Å². The third-order valence-corrected chi connectivity index (χ3v) is 2.80. The number of aliphatic hydroxyl groups excluding tert-OH is 1. The molecule has 2 nitrogen and oxygen atoms in total. The van der Waals surface area contributed by atoms with Crippen molar-refractivity contribution >= 4 is 24.8 Å². The van der Waals surface area contributed by atoms with Crippen LogP contribution in [0.2, 0.25) is 0 Å². The smallest absolute Gasteiger partial charge is 0.0662 e. The van der Waals surface area contributed by atoms with Crippen molar-refractivity contribution in [3.63, 3.8) is 0 Å². The molecule has 1 aromatic rings. The molecule has 0 spiro atoms. The predicted molar refractivity (Wildman–Crippen MR) is 83.0 cm³/mol. The van der Waals surface area contributed by atoms with Crippen LogP contribution < -0.4 is 5.32 Å². The lowest BCUT2D eigenvalue weighted by molar-refractivity contribution is 0.167. The molecule has 2 N–H and O–H groups in total. The fraction of sp³-hybridized carbons (Fsp3) is 0.571. The van der Waals surface area contributed by atoms with Crippen molar-refractivity contribution < 1.29 is 5.11 Å². The molecule has 1 aromatic carbocycles. The van der Waals surface area contributed by atoms with Gasteiger partial charge in [0.2, 0.25) is 0 Å². The summed E-state index contributed by atoms with van der Waals surface area (Å²) in [6.07, 6.45) is 0.576. The van der Waals surface area contributed by atoms with E-state index in [9.17, 15) is 5.11 Å². The van der Waals surface area contributed by atoms with Crippen LogP contribution in [0.5, 0.6) is 0 Å². The average molecular weight is 294 g/mol. The van der Waals surface area contributed by atoms with Gasteiger partial charge in [0.1, 0.15) is 0 Å². The standard InChI is InChI=1S/C14H23NO.2ClH/c1-4-14(16)10-15-9-12-6-5-7-13(8-12)11(2)3;;/h5-8,11,14-16H,4,9-10H2,1-3H3;2*1H. The summed E-state index contributed by atoms with van der Waals surface area (Å²) >= 11 is 0. The van der Waals surface area contributed by atoms with Crippen molar-refractivity contribution in [1.82, 2.24) is 5.32 Å². The number of hydrogen-bond acceptors (Lipinski definition) is 2. The van der Waals surface area contributed by atoms with Crippen molar-refractivity contribution in [2.45, 2.75) is 45.8 Å². The Hall–Kier alpha value is -0.280. The van der Waals surface area contributed by atoms with E-state index in [-0.39, 0.29) is 30.9 Å². The Labute approximate surface area is 123 Å². The van der Waals surface area contributed by atoms with Crippen LogP contribution >= 0.6 is 24.8 Å². The molecule has 18 heavy (non-hydrogen) atoms. The zero-order chi connectivity index (χ0) is 12.0. The highest BCUT2D eigenvalue weighted by atomic mass is 35.5. The summed E-state index contributed by atoms with van der Waals surface area (Å²) in [7, 11) is 0. The van der Waals surface area contributed by atoms with Crippen LogP contribution in [0.15, 0.2) is 24.3 Å². The molecule has 0 saturated carbocycles.